The lowest BCUT2D eigenvalue weighted by Gasteiger charge is -2.22. The van der Waals surface area contributed by atoms with Crippen LogP contribution in [-0.2, 0) is 21.7 Å². The van der Waals surface area contributed by atoms with Crippen molar-refractivity contribution in [1.29, 1.82) is 0 Å². The number of carbonyl (C=O) groups is 3. The number of carbonyl (C=O) groups excluding carboxylic acids is 3. The molecule has 0 bridgehead atoms. The fourth-order valence-corrected chi connectivity index (χ4v) is 3.31. The van der Waals surface area contributed by atoms with E-state index in [0.717, 1.165) is 10.5 Å². The first-order chi connectivity index (χ1) is 13.9. The molecule has 0 radical (unpaired) electrons. The van der Waals surface area contributed by atoms with Crippen molar-refractivity contribution >= 4 is 23.5 Å². The Kier molecular flexibility index (Phi) is 4.50. The topological polar surface area (TPSA) is 109 Å². The van der Waals surface area contributed by atoms with Crippen LogP contribution in [0.2, 0.25) is 0 Å². The smallest absolute Gasteiger partial charge is 0.325 e. The van der Waals surface area contributed by atoms with Crippen LogP contribution < -0.4 is 10.6 Å². The minimum Gasteiger partial charge on any atom is -0.347 e. The minimum atomic E-state index is -1.20. The first kappa shape index (κ1) is 18.6. The molecule has 1 fully saturated rings. The van der Waals surface area contributed by atoms with E-state index in [0.29, 0.717) is 17.0 Å². The largest absolute Gasteiger partial charge is 0.347 e. The van der Waals surface area contributed by atoms with E-state index in [1.807, 2.05) is 31.2 Å². The molecule has 1 saturated heterocycles. The van der Waals surface area contributed by atoms with Crippen LogP contribution in [-0.4, -0.2) is 43.9 Å². The number of aryl methyl sites for hydroxylation is 1. The lowest BCUT2D eigenvalue weighted by Crippen LogP contribution is -2.43. The number of hydrogen-bond acceptors (Lipinski definition) is 5. The van der Waals surface area contributed by atoms with E-state index in [4.69, 9.17) is 0 Å². The number of urea groups is 1. The molecule has 3 aromatic rings. The third kappa shape index (κ3) is 3.31. The zero-order valence-electron chi connectivity index (χ0n) is 16.0. The van der Waals surface area contributed by atoms with Gasteiger partial charge in [-0.1, -0.05) is 35.9 Å². The number of fused-ring (bicyclic) bond motifs is 1. The summed E-state index contributed by atoms with van der Waals surface area (Å²) in [6, 6.07) is 12.2. The number of pyridine rings is 1. The van der Waals surface area contributed by atoms with E-state index >= 15 is 0 Å². The summed E-state index contributed by atoms with van der Waals surface area (Å²) in [7, 11) is 0. The van der Waals surface area contributed by atoms with Crippen molar-refractivity contribution in [2.45, 2.75) is 25.9 Å². The first-order valence-electron chi connectivity index (χ1n) is 9.15. The van der Waals surface area contributed by atoms with Gasteiger partial charge in [0, 0.05) is 6.20 Å². The number of nitrogens with one attached hydrogen (secondary N) is 2. The number of nitrogens with zero attached hydrogens (tertiary/aromatic N) is 4. The lowest BCUT2D eigenvalue weighted by molar-refractivity contribution is -0.134. The molecule has 29 heavy (non-hydrogen) atoms. The Hall–Kier alpha value is -3.75. The molecule has 4 rings (SSSR count). The van der Waals surface area contributed by atoms with Crippen LogP contribution in [0.15, 0.2) is 48.7 Å². The standard InChI is InChI=1S/C20H20N6O3/c1-13-6-8-14(9-7-13)20(2)18(28)26(19(29)22-20)12-17(27)21-11-16-24-23-15-5-3-4-10-25(15)16/h3-10H,11-12H2,1-2H3,(H,21,27)(H,22,29)/t20-/m0/s1. The highest BCUT2D eigenvalue weighted by Gasteiger charge is 2.49. The molecule has 0 aliphatic carbocycles. The highest BCUT2D eigenvalue weighted by atomic mass is 16.2. The van der Waals surface area contributed by atoms with Crippen LogP contribution in [0.1, 0.15) is 23.9 Å². The van der Waals surface area contributed by atoms with Gasteiger partial charge in [0.05, 0.1) is 6.54 Å². The molecule has 0 saturated carbocycles. The summed E-state index contributed by atoms with van der Waals surface area (Å²) >= 11 is 0. The molecule has 4 amide bonds. The highest BCUT2D eigenvalue weighted by molar-refractivity contribution is 6.09. The van der Waals surface area contributed by atoms with Crippen LogP contribution in [0.25, 0.3) is 5.65 Å². The Balaban J connectivity index is 1.43. The van der Waals surface area contributed by atoms with Gasteiger partial charge in [0.1, 0.15) is 12.1 Å². The Labute approximate surface area is 166 Å². The Bertz CT molecular complexity index is 1110. The van der Waals surface area contributed by atoms with Crippen molar-refractivity contribution in [3.8, 4) is 0 Å². The van der Waals surface area contributed by atoms with Gasteiger partial charge in [0.15, 0.2) is 11.5 Å². The Morgan fingerprint density at radius 2 is 1.90 bits per heavy atom. The van der Waals surface area contributed by atoms with E-state index in [1.54, 1.807) is 35.7 Å². The number of benzene rings is 1. The molecule has 3 heterocycles. The summed E-state index contributed by atoms with van der Waals surface area (Å²) in [5, 5.41) is 13.4. The molecule has 0 unspecified atom stereocenters. The number of imide groups is 1. The van der Waals surface area contributed by atoms with Gasteiger partial charge in [0.25, 0.3) is 5.91 Å². The van der Waals surface area contributed by atoms with Gasteiger partial charge in [-0.25, -0.2) is 4.79 Å². The number of aromatic nitrogens is 3. The number of hydrogen-bond donors (Lipinski definition) is 2. The van der Waals surface area contributed by atoms with Crippen LogP contribution in [0.5, 0.6) is 0 Å². The molecule has 2 N–H and O–H groups in total. The second-order valence-corrected chi connectivity index (χ2v) is 7.13. The highest BCUT2D eigenvalue weighted by Crippen LogP contribution is 2.28. The first-order valence-corrected chi connectivity index (χ1v) is 9.15. The molecular weight excluding hydrogens is 372 g/mol. The minimum absolute atomic E-state index is 0.128. The van der Waals surface area contributed by atoms with Crippen molar-refractivity contribution in [2.75, 3.05) is 6.54 Å². The third-order valence-corrected chi connectivity index (χ3v) is 5.03. The molecule has 1 aromatic carbocycles. The third-order valence-electron chi connectivity index (χ3n) is 5.03. The van der Waals surface area contributed by atoms with Gasteiger partial charge in [-0.2, -0.15) is 0 Å². The summed E-state index contributed by atoms with van der Waals surface area (Å²) in [5.74, 6) is -0.376. The van der Waals surface area contributed by atoms with E-state index in [-0.39, 0.29) is 13.1 Å². The normalized spacial score (nSPS) is 18.9. The second-order valence-electron chi connectivity index (χ2n) is 7.13. The maximum absolute atomic E-state index is 12.9. The molecular formula is C20H20N6O3. The molecule has 148 valence electrons. The van der Waals surface area contributed by atoms with Crippen molar-refractivity contribution in [3.05, 3.63) is 65.6 Å². The van der Waals surface area contributed by atoms with Crippen LogP contribution in [0.3, 0.4) is 0 Å². The fraction of sp³-hybridized carbons (Fsp3) is 0.250. The molecule has 9 heteroatoms. The van der Waals surface area contributed by atoms with Gasteiger partial charge >= 0.3 is 6.03 Å². The summed E-state index contributed by atoms with van der Waals surface area (Å²) in [6.45, 7) is 3.33. The Morgan fingerprint density at radius 3 is 2.66 bits per heavy atom. The van der Waals surface area contributed by atoms with E-state index in [9.17, 15) is 14.4 Å². The summed E-state index contributed by atoms with van der Waals surface area (Å²) < 4.78 is 1.75. The zero-order valence-corrected chi connectivity index (χ0v) is 16.0. The van der Waals surface area contributed by atoms with E-state index in [1.165, 1.54) is 0 Å². The number of rotatable bonds is 5. The average Bonchev–Trinajstić information content (AvgIpc) is 3.21. The van der Waals surface area contributed by atoms with Crippen molar-refractivity contribution in [2.24, 2.45) is 0 Å². The van der Waals surface area contributed by atoms with Crippen LogP contribution in [0.4, 0.5) is 4.79 Å². The molecule has 1 aliphatic heterocycles. The number of amides is 4. The SMILES string of the molecule is Cc1ccc([C@]2(C)NC(=O)N(CC(=O)NCc3nnc4ccccn34)C2=O)cc1. The van der Waals surface area contributed by atoms with E-state index < -0.39 is 23.4 Å². The van der Waals surface area contributed by atoms with Gasteiger partial charge in [-0.05, 0) is 31.5 Å². The monoisotopic (exact) mass is 392 g/mol. The van der Waals surface area contributed by atoms with Crippen molar-refractivity contribution < 1.29 is 14.4 Å². The summed E-state index contributed by atoms with van der Waals surface area (Å²) in [4.78, 5) is 38.6. The second kappa shape index (κ2) is 7.01. The van der Waals surface area contributed by atoms with Crippen LogP contribution >= 0.6 is 0 Å². The lowest BCUT2D eigenvalue weighted by atomic mass is 9.91. The average molecular weight is 392 g/mol. The van der Waals surface area contributed by atoms with E-state index in [2.05, 4.69) is 20.8 Å². The van der Waals surface area contributed by atoms with Crippen molar-refractivity contribution in [3.63, 3.8) is 0 Å². The maximum Gasteiger partial charge on any atom is 0.325 e. The summed E-state index contributed by atoms with van der Waals surface area (Å²) in [5.41, 5.74) is 1.18. The van der Waals surface area contributed by atoms with Gasteiger partial charge in [0.2, 0.25) is 5.91 Å². The molecule has 2 aromatic heterocycles. The zero-order chi connectivity index (χ0) is 20.6. The van der Waals surface area contributed by atoms with Gasteiger partial charge < -0.3 is 10.6 Å². The molecule has 1 aliphatic rings. The maximum atomic E-state index is 12.9. The Morgan fingerprint density at radius 1 is 1.14 bits per heavy atom. The summed E-state index contributed by atoms with van der Waals surface area (Å²) in [6.07, 6.45) is 1.79. The fourth-order valence-electron chi connectivity index (χ4n) is 3.31. The quantitative estimate of drug-likeness (QED) is 0.633. The predicted octanol–water partition coefficient (Wildman–Crippen LogP) is 1.12. The van der Waals surface area contributed by atoms with Crippen molar-refractivity contribution in [1.82, 2.24) is 30.1 Å². The van der Waals surface area contributed by atoms with Gasteiger partial charge in [-0.15, -0.1) is 10.2 Å². The molecule has 1 atom stereocenters. The molecule has 9 nitrogen and oxygen atoms in total. The van der Waals surface area contributed by atoms with Gasteiger partial charge in [-0.3, -0.25) is 18.9 Å². The molecule has 0 spiro atoms. The van der Waals surface area contributed by atoms with Crippen LogP contribution in [0, 0.1) is 6.92 Å². The predicted molar refractivity (Wildman–Crippen MR) is 104 cm³/mol.